The van der Waals surface area contributed by atoms with Gasteiger partial charge in [0.05, 0.1) is 19.5 Å². The third-order valence-corrected chi connectivity index (χ3v) is 3.34. The maximum absolute atomic E-state index is 12.0. The van der Waals surface area contributed by atoms with E-state index in [0.29, 0.717) is 6.54 Å². The molecule has 5 heteroatoms. The molecule has 1 unspecified atom stereocenters. The van der Waals surface area contributed by atoms with E-state index in [4.69, 9.17) is 4.74 Å². The molecule has 1 aromatic carbocycles. The van der Waals surface area contributed by atoms with Crippen LogP contribution in [0.5, 0.6) is 5.75 Å². The van der Waals surface area contributed by atoms with Crippen molar-refractivity contribution in [3.63, 3.8) is 0 Å². The van der Waals surface area contributed by atoms with Crippen molar-refractivity contribution in [3.05, 3.63) is 58.3 Å². The summed E-state index contributed by atoms with van der Waals surface area (Å²) in [6, 6.07) is 9.46. The van der Waals surface area contributed by atoms with Gasteiger partial charge in [-0.25, -0.2) is 4.98 Å². The summed E-state index contributed by atoms with van der Waals surface area (Å²) in [6.07, 6.45) is 1.60. The third-order valence-electron chi connectivity index (χ3n) is 3.34. The van der Waals surface area contributed by atoms with Crippen molar-refractivity contribution in [2.45, 2.75) is 26.4 Å². The Kier molecular flexibility index (Phi) is 5.11. The number of methoxy groups -OCH3 is 1. The number of aryl methyl sites for hydroxylation is 1. The van der Waals surface area contributed by atoms with Crippen LogP contribution in [-0.2, 0) is 6.54 Å². The predicted molar refractivity (Wildman–Crippen MR) is 82.6 cm³/mol. The molecule has 1 heterocycles. The zero-order chi connectivity index (χ0) is 15.2. The summed E-state index contributed by atoms with van der Waals surface area (Å²) in [6.45, 7) is 5.21. The molecule has 2 rings (SSSR count). The second kappa shape index (κ2) is 7.04. The van der Waals surface area contributed by atoms with Crippen LogP contribution in [-0.4, -0.2) is 23.2 Å². The summed E-state index contributed by atoms with van der Waals surface area (Å²) >= 11 is 0. The van der Waals surface area contributed by atoms with E-state index in [1.165, 1.54) is 0 Å². The molecule has 0 spiro atoms. The molecule has 0 aliphatic carbocycles. The van der Waals surface area contributed by atoms with Gasteiger partial charge in [-0.05, 0) is 31.2 Å². The molecule has 2 aromatic rings. The number of benzene rings is 1. The zero-order valence-electron chi connectivity index (χ0n) is 12.7. The van der Waals surface area contributed by atoms with Crippen LogP contribution in [0.25, 0.3) is 0 Å². The molecule has 0 amide bonds. The normalized spacial score (nSPS) is 12.1. The number of nitrogens with zero attached hydrogens (tertiary/aromatic N) is 2. The summed E-state index contributed by atoms with van der Waals surface area (Å²) in [7, 11) is 1.65. The van der Waals surface area contributed by atoms with Crippen LogP contribution < -0.4 is 15.6 Å². The highest BCUT2D eigenvalue weighted by atomic mass is 16.5. The van der Waals surface area contributed by atoms with Gasteiger partial charge in [0.25, 0.3) is 5.56 Å². The molecular formula is C16H21N3O2. The van der Waals surface area contributed by atoms with Gasteiger partial charge in [0.1, 0.15) is 5.75 Å². The van der Waals surface area contributed by atoms with Crippen LogP contribution in [0, 0.1) is 6.92 Å². The Morgan fingerprint density at radius 3 is 2.86 bits per heavy atom. The fourth-order valence-corrected chi connectivity index (χ4v) is 2.24. The summed E-state index contributed by atoms with van der Waals surface area (Å²) in [5.41, 5.74) is 1.79. The Morgan fingerprint density at radius 1 is 1.38 bits per heavy atom. The Morgan fingerprint density at radius 2 is 2.19 bits per heavy atom. The third kappa shape index (κ3) is 3.92. The van der Waals surface area contributed by atoms with Crippen LogP contribution >= 0.6 is 0 Å². The molecular weight excluding hydrogens is 266 g/mol. The molecule has 1 atom stereocenters. The number of likely N-dealkylation sites (N-methyl/N-ethyl adjacent to an activating group) is 1. The van der Waals surface area contributed by atoms with E-state index >= 15 is 0 Å². The summed E-state index contributed by atoms with van der Waals surface area (Å²) in [4.78, 5) is 16.2. The van der Waals surface area contributed by atoms with Gasteiger partial charge in [-0.1, -0.05) is 19.1 Å². The summed E-state index contributed by atoms with van der Waals surface area (Å²) in [5, 5.41) is 3.40. The van der Waals surface area contributed by atoms with Crippen molar-refractivity contribution in [1.82, 2.24) is 14.9 Å². The zero-order valence-corrected chi connectivity index (χ0v) is 12.7. The van der Waals surface area contributed by atoms with Gasteiger partial charge in [0.15, 0.2) is 0 Å². The minimum absolute atomic E-state index is 0.0340. The fourth-order valence-electron chi connectivity index (χ4n) is 2.24. The molecule has 1 N–H and O–H groups in total. The van der Waals surface area contributed by atoms with Gasteiger partial charge in [0, 0.05) is 18.3 Å². The summed E-state index contributed by atoms with van der Waals surface area (Å²) < 4.78 is 6.89. The Hall–Kier alpha value is -2.14. The Balaban J connectivity index is 2.28. The molecule has 21 heavy (non-hydrogen) atoms. The van der Waals surface area contributed by atoms with Crippen molar-refractivity contribution >= 4 is 0 Å². The topological polar surface area (TPSA) is 56.2 Å². The van der Waals surface area contributed by atoms with Crippen molar-refractivity contribution in [2.24, 2.45) is 0 Å². The molecule has 1 aromatic heterocycles. The van der Waals surface area contributed by atoms with E-state index < -0.39 is 0 Å². The first-order valence-corrected chi connectivity index (χ1v) is 7.04. The first kappa shape index (κ1) is 15.3. The van der Waals surface area contributed by atoms with Gasteiger partial charge < -0.3 is 10.1 Å². The molecule has 0 aliphatic heterocycles. The first-order chi connectivity index (χ1) is 10.1. The van der Waals surface area contributed by atoms with Gasteiger partial charge in [-0.3, -0.25) is 9.36 Å². The predicted octanol–water partition coefficient (Wildman–Crippen LogP) is 1.91. The number of hydrogen-bond acceptors (Lipinski definition) is 4. The van der Waals surface area contributed by atoms with Gasteiger partial charge in [0.2, 0.25) is 0 Å². The lowest BCUT2D eigenvalue weighted by atomic mass is 10.1. The van der Waals surface area contributed by atoms with Crippen LogP contribution in [0.2, 0.25) is 0 Å². The number of ether oxygens (including phenoxy) is 1. The number of rotatable bonds is 6. The van der Waals surface area contributed by atoms with Crippen molar-refractivity contribution in [1.29, 1.82) is 0 Å². The van der Waals surface area contributed by atoms with E-state index in [1.54, 1.807) is 24.1 Å². The number of hydrogen-bond donors (Lipinski definition) is 1. The van der Waals surface area contributed by atoms with Gasteiger partial charge in [-0.15, -0.1) is 0 Å². The molecule has 0 saturated carbocycles. The van der Waals surface area contributed by atoms with Gasteiger partial charge in [-0.2, -0.15) is 0 Å². The molecule has 0 saturated heterocycles. The monoisotopic (exact) mass is 287 g/mol. The summed E-state index contributed by atoms with van der Waals surface area (Å²) in [5.74, 6) is 0.810. The van der Waals surface area contributed by atoms with E-state index in [1.807, 2.05) is 38.1 Å². The highest BCUT2D eigenvalue weighted by molar-refractivity contribution is 5.30. The average molecular weight is 287 g/mol. The highest BCUT2D eigenvalue weighted by Crippen LogP contribution is 2.20. The number of nitrogens with one attached hydrogen (secondary N) is 1. The quantitative estimate of drug-likeness (QED) is 0.882. The van der Waals surface area contributed by atoms with Crippen LogP contribution in [0.3, 0.4) is 0 Å². The lowest BCUT2D eigenvalue weighted by Gasteiger charge is -2.20. The minimum atomic E-state index is -0.0340. The van der Waals surface area contributed by atoms with E-state index in [-0.39, 0.29) is 11.6 Å². The fraction of sp³-hybridized carbons (Fsp3) is 0.375. The van der Waals surface area contributed by atoms with Crippen molar-refractivity contribution in [2.75, 3.05) is 13.7 Å². The van der Waals surface area contributed by atoms with Crippen molar-refractivity contribution < 1.29 is 4.74 Å². The lowest BCUT2D eigenvalue weighted by Crippen LogP contribution is -2.30. The maximum atomic E-state index is 12.0. The smallest absolute Gasteiger partial charge is 0.253 e. The van der Waals surface area contributed by atoms with E-state index in [9.17, 15) is 4.79 Å². The molecule has 0 radical (unpaired) electrons. The molecule has 112 valence electrons. The minimum Gasteiger partial charge on any atom is -0.497 e. The van der Waals surface area contributed by atoms with E-state index in [0.717, 1.165) is 23.6 Å². The van der Waals surface area contributed by atoms with E-state index in [2.05, 4.69) is 10.3 Å². The van der Waals surface area contributed by atoms with Gasteiger partial charge >= 0.3 is 0 Å². The molecule has 0 bridgehead atoms. The van der Waals surface area contributed by atoms with Crippen LogP contribution in [0.15, 0.2) is 41.5 Å². The maximum Gasteiger partial charge on any atom is 0.253 e. The molecule has 0 fully saturated rings. The first-order valence-electron chi connectivity index (χ1n) is 7.04. The van der Waals surface area contributed by atoms with Crippen molar-refractivity contribution in [3.8, 4) is 5.75 Å². The second-order valence-corrected chi connectivity index (χ2v) is 4.91. The SMILES string of the molecule is CCNC(Cn1cnc(C)cc1=O)c1cccc(OC)c1. The second-order valence-electron chi connectivity index (χ2n) is 4.91. The Labute approximate surface area is 124 Å². The number of aromatic nitrogens is 2. The standard InChI is InChI=1S/C16H21N3O2/c1-4-17-15(13-6-5-7-14(9-13)21-3)10-19-11-18-12(2)8-16(19)20/h5-9,11,15,17H,4,10H2,1-3H3. The molecule has 0 aliphatic rings. The average Bonchev–Trinajstić information content (AvgIpc) is 2.49. The van der Waals surface area contributed by atoms with Crippen LogP contribution in [0.4, 0.5) is 0 Å². The van der Waals surface area contributed by atoms with Crippen LogP contribution in [0.1, 0.15) is 24.2 Å². The largest absolute Gasteiger partial charge is 0.497 e. The Bertz CT molecular complexity index is 652. The molecule has 5 nitrogen and oxygen atoms in total. The highest BCUT2D eigenvalue weighted by Gasteiger charge is 2.12. The lowest BCUT2D eigenvalue weighted by molar-refractivity contribution is 0.410.